The minimum absolute atomic E-state index is 0.00887. The molecular weight excluding hydrogens is 366 g/mol. The first-order valence-electron chi connectivity index (χ1n) is 9.10. The number of rotatable bonds is 4. The summed E-state index contributed by atoms with van der Waals surface area (Å²) in [4.78, 5) is 18.4. The van der Waals surface area contributed by atoms with Crippen molar-refractivity contribution >= 4 is 16.9 Å². The molecule has 146 valence electrons. The molecule has 2 aromatic heterocycles. The summed E-state index contributed by atoms with van der Waals surface area (Å²) in [6.45, 7) is -0.593. The van der Waals surface area contributed by atoms with Gasteiger partial charge in [-0.3, -0.25) is 4.98 Å². The van der Waals surface area contributed by atoms with Gasteiger partial charge in [0.2, 0.25) is 0 Å². The van der Waals surface area contributed by atoms with Gasteiger partial charge >= 0.3 is 12.6 Å². The molecule has 1 aliphatic heterocycles. The number of hydrogen-bond acceptors (Lipinski definition) is 3. The summed E-state index contributed by atoms with van der Waals surface area (Å²) < 4.78 is 30.9. The lowest BCUT2D eigenvalue weighted by molar-refractivity contribution is -0.0500. The van der Waals surface area contributed by atoms with E-state index >= 15 is 0 Å². The van der Waals surface area contributed by atoms with Gasteiger partial charge in [-0.2, -0.15) is 8.78 Å². The van der Waals surface area contributed by atoms with E-state index in [9.17, 15) is 13.6 Å². The highest BCUT2D eigenvalue weighted by Gasteiger charge is 2.20. The van der Waals surface area contributed by atoms with Crippen molar-refractivity contribution in [3.63, 3.8) is 0 Å². The van der Waals surface area contributed by atoms with Crippen molar-refractivity contribution in [3.8, 4) is 5.75 Å². The summed E-state index contributed by atoms with van der Waals surface area (Å²) in [7, 11) is 0. The molecular formula is C20H20F2N4O2. The Bertz CT molecular complexity index is 972. The van der Waals surface area contributed by atoms with Crippen molar-refractivity contribution in [3.05, 3.63) is 60.0 Å². The Hall–Kier alpha value is -3.16. The second-order valence-corrected chi connectivity index (χ2v) is 6.64. The number of alkyl halides is 2. The monoisotopic (exact) mass is 386 g/mol. The molecule has 4 rings (SSSR count). The smallest absolute Gasteiger partial charge is 0.387 e. The van der Waals surface area contributed by atoms with Gasteiger partial charge in [-0.1, -0.05) is 18.2 Å². The van der Waals surface area contributed by atoms with Crippen LogP contribution in [0.5, 0.6) is 5.75 Å². The number of ether oxygens (including phenoxy) is 1. The van der Waals surface area contributed by atoms with Crippen molar-refractivity contribution in [2.45, 2.75) is 32.7 Å². The number of halogens is 2. The molecule has 1 aromatic carbocycles. The maximum absolute atomic E-state index is 12.6. The van der Waals surface area contributed by atoms with Crippen molar-refractivity contribution in [2.75, 3.05) is 6.54 Å². The molecule has 0 aliphatic carbocycles. The van der Waals surface area contributed by atoms with Crippen LogP contribution >= 0.6 is 0 Å². The maximum Gasteiger partial charge on any atom is 0.387 e. The van der Waals surface area contributed by atoms with E-state index in [0.29, 0.717) is 18.8 Å². The van der Waals surface area contributed by atoms with E-state index in [2.05, 4.69) is 37.8 Å². The Morgan fingerprint density at radius 1 is 1.21 bits per heavy atom. The lowest BCUT2D eigenvalue weighted by Gasteiger charge is -2.20. The Morgan fingerprint density at radius 2 is 2.07 bits per heavy atom. The molecule has 1 aliphatic rings. The summed E-state index contributed by atoms with van der Waals surface area (Å²) in [5.41, 5.74) is 2.87. The quantitative estimate of drug-likeness (QED) is 0.743. The van der Waals surface area contributed by atoms with Crippen LogP contribution in [-0.2, 0) is 19.6 Å². The summed E-state index contributed by atoms with van der Waals surface area (Å²) >= 11 is 0. The number of fused-ring (bicyclic) bond motifs is 3. The minimum atomic E-state index is -2.88. The number of nitrogens with zero attached hydrogens (tertiary/aromatic N) is 3. The predicted octanol–water partition coefficient (Wildman–Crippen LogP) is 3.75. The fourth-order valence-corrected chi connectivity index (χ4v) is 3.50. The second-order valence-electron chi connectivity index (χ2n) is 6.64. The fourth-order valence-electron chi connectivity index (χ4n) is 3.50. The van der Waals surface area contributed by atoms with Gasteiger partial charge in [-0.25, -0.2) is 4.79 Å². The van der Waals surface area contributed by atoms with Crippen molar-refractivity contribution < 1.29 is 18.3 Å². The SMILES string of the molecule is O=C(NCc1ccc(OC(F)F)cn1)N1CCCn2c(cc3ccccc32)C1. The Labute approximate surface area is 160 Å². The van der Waals surface area contributed by atoms with Crippen LogP contribution in [0.2, 0.25) is 0 Å². The Morgan fingerprint density at radius 3 is 2.86 bits per heavy atom. The number of aryl methyl sites for hydroxylation is 1. The third-order valence-corrected chi connectivity index (χ3v) is 4.79. The average Bonchev–Trinajstić information content (AvgIpc) is 2.89. The number of para-hydroxylation sites is 1. The van der Waals surface area contributed by atoms with Crippen LogP contribution in [0.25, 0.3) is 10.9 Å². The van der Waals surface area contributed by atoms with Crippen LogP contribution in [0, 0.1) is 0 Å². The first-order valence-corrected chi connectivity index (χ1v) is 9.10. The molecule has 6 nitrogen and oxygen atoms in total. The van der Waals surface area contributed by atoms with Crippen molar-refractivity contribution in [1.82, 2.24) is 19.8 Å². The minimum Gasteiger partial charge on any atom is -0.433 e. The summed E-state index contributed by atoms with van der Waals surface area (Å²) in [6.07, 6.45) is 2.09. The molecule has 0 fully saturated rings. The molecule has 0 saturated heterocycles. The highest BCUT2D eigenvalue weighted by molar-refractivity contribution is 5.81. The number of carbonyl (C=O) groups excluding carboxylic acids is 1. The molecule has 0 atom stereocenters. The summed E-state index contributed by atoms with van der Waals surface area (Å²) in [5.74, 6) is -0.00887. The molecule has 3 heterocycles. The van der Waals surface area contributed by atoms with Crippen LogP contribution in [0.3, 0.4) is 0 Å². The number of pyridine rings is 1. The summed E-state index contributed by atoms with van der Waals surface area (Å²) in [6, 6.07) is 13.1. The molecule has 2 amide bonds. The van der Waals surface area contributed by atoms with Gasteiger partial charge in [-0.05, 0) is 36.1 Å². The maximum atomic E-state index is 12.6. The third kappa shape index (κ3) is 3.90. The van der Waals surface area contributed by atoms with Crippen molar-refractivity contribution in [1.29, 1.82) is 0 Å². The van der Waals surface area contributed by atoms with E-state index in [-0.39, 0.29) is 18.3 Å². The zero-order valence-electron chi connectivity index (χ0n) is 15.1. The van der Waals surface area contributed by atoms with Crippen LogP contribution in [0.15, 0.2) is 48.7 Å². The largest absolute Gasteiger partial charge is 0.433 e. The van der Waals surface area contributed by atoms with E-state index in [1.54, 1.807) is 11.0 Å². The zero-order chi connectivity index (χ0) is 19.5. The molecule has 28 heavy (non-hydrogen) atoms. The highest BCUT2D eigenvalue weighted by Crippen LogP contribution is 2.23. The number of urea groups is 1. The highest BCUT2D eigenvalue weighted by atomic mass is 19.3. The number of carbonyl (C=O) groups is 1. The topological polar surface area (TPSA) is 59.4 Å². The second kappa shape index (κ2) is 7.84. The average molecular weight is 386 g/mol. The number of hydrogen-bond donors (Lipinski definition) is 1. The standard InChI is InChI=1S/C20H20F2N4O2/c21-19(22)28-17-7-6-15(23-12-17)11-24-20(27)25-8-3-9-26-16(13-25)10-14-4-1-2-5-18(14)26/h1-2,4-7,10,12,19H,3,8-9,11,13H2,(H,24,27). The molecule has 1 N–H and O–H groups in total. The summed E-state index contributed by atoms with van der Waals surface area (Å²) in [5, 5.41) is 4.02. The van der Waals surface area contributed by atoms with Gasteiger partial charge in [0, 0.05) is 24.3 Å². The van der Waals surface area contributed by atoms with E-state index in [4.69, 9.17) is 0 Å². The van der Waals surface area contributed by atoms with E-state index in [0.717, 1.165) is 18.7 Å². The predicted molar refractivity (Wildman–Crippen MR) is 100 cm³/mol. The van der Waals surface area contributed by atoms with Gasteiger partial charge in [0.1, 0.15) is 5.75 Å². The van der Waals surface area contributed by atoms with Crippen LogP contribution in [0.4, 0.5) is 13.6 Å². The van der Waals surface area contributed by atoms with Gasteiger partial charge in [-0.15, -0.1) is 0 Å². The van der Waals surface area contributed by atoms with Crippen molar-refractivity contribution in [2.24, 2.45) is 0 Å². The van der Waals surface area contributed by atoms with Gasteiger partial charge in [0.15, 0.2) is 0 Å². The molecule has 0 spiro atoms. The number of amides is 2. The normalized spacial score (nSPS) is 14.0. The van der Waals surface area contributed by atoms with Gasteiger partial charge < -0.3 is 19.5 Å². The van der Waals surface area contributed by atoms with Crippen LogP contribution in [-0.4, -0.2) is 33.6 Å². The first kappa shape index (κ1) is 18.2. The number of nitrogens with one attached hydrogen (secondary N) is 1. The molecule has 3 aromatic rings. The first-order chi connectivity index (χ1) is 13.6. The molecule has 0 bridgehead atoms. The zero-order valence-corrected chi connectivity index (χ0v) is 15.1. The number of aromatic nitrogens is 2. The van der Waals surface area contributed by atoms with Crippen LogP contribution < -0.4 is 10.1 Å². The van der Waals surface area contributed by atoms with E-state index < -0.39 is 6.61 Å². The van der Waals surface area contributed by atoms with Gasteiger partial charge in [0.05, 0.1) is 25.0 Å². The van der Waals surface area contributed by atoms with E-state index in [1.807, 2.05) is 12.1 Å². The van der Waals surface area contributed by atoms with E-state index in [1.165, 1.54) is 23.2 Å². The Kier molecular flexibility index (Phi) is 5.10. The molecule has 8 heteroatoms. The molecule has 0 radical (unpaired) electrons. The lowest BCUT2D eigenvalue weighted by atomic mass is 10.2. The Balaban J connectivity index is 1.39. The van der Waals surface area contributed by atoms with Gasteiger partial charge in [0.25, 0.3) is 0 Å². The van der Waals surface area contributed by atoms with Crippen LogP contribution in [0.1, 0.15) is 17.8 Å². The number of benzene rings is 1. The third-order valence-electron chi connectivity index (χ3n) is 4.79. The molecule has 0 saturated carbocycles. The molecule has 0 unspecified atom stereocenters. The fraction of sp³-hybridized carbons (Fsp3) is 0.300. The lowest BCUT2D eigenvalue weighted by Crippen LogP contribution is -2.39.